The van der Waals surface area contributed by atoms with Crippen molar-refractivity contribution in [1.82, 2.24) is 10.2 Å². The summed E-state index contributed by atoms with van der Waals surface area (Å²) in [5.41, 5.74) is 0.749. The van der Waals surface area contributed by atoms with E-state index in [9.17, 15) is 22.8 Å². The van der Waals surface area contributed by atoms with Gasteiger partial charge in [0.1, 0.15) is 0 Å². The lowest BCUT2D eigenvalue weighted by atomic mass is 10.0. The van der Waals surface area contributed by atoms with E-state index in [1.54, 1.807) is 13.0 Å². The standard InChI is InChI=1S/C23H28F3N3O3S/c1-15(19-8-9-21(33-19)32-14-23(24,25)26)27-20(30)12-17-10-11-29(13-17)16(2)22(31)28-18-6-4-3-5-7-18/h3-9,15-17H,10-14H2,1-2H3,(H,27,30)(H,28,31)/t15-,16?,17-/m1/s1. The van der Waals surface area contributed by atoms with Crippen LogP contribution in [0.3, 0.4) is 0 Å². The number of carbonyl (C=O) groups is 2. The molecule has 0 spiro atoms. The molecule has 6 nitrogen and oxygen atoms in total. The van der Waals surface area contributed by atoms with Gasteiger partial charge in [-0.15, -0.1) is 11.3 Å². The van der Waals surface area contributed by atoms with Crippen LogP contribution in [0.15, 0.2) is 42.5 Å². The molecule has 0 radical (unpaired) electrons. The van der Waals surface area contributed by atoms with Crippen LogP contribution in [0.25, 0.3) is 0 Å². The first-order chi connectivity index (χ1) is 15.6. The Balaban J connectivity index is 1.43. The molecule has 10 heteroatoms. The molecule has 0 bridgehead atoms. The monoisotopic (exact) mass is 483 g/mol. The third kappa shape index (κ3) is 7.75. The van der Waals surface area contributed by atoms with Crippen LogP contribution in [0.4, 0.5) is 18.9 Å². The van der Waals surface area contributed by atoms with Gasteiger partial charge in [0.25, 0.3) is 0 Å². The minimum Gasteiger partial charge on any atom is -0.475 e. The number of para-hydroxylation sites is 1. The Morgan fingerprint density at radius 1 is 1.18 bits per heavy atom. The van der Waals surface area contributed by atoms with Crippen molar-refractivity contribution in [2.45, 2.75) is 44.9 Å². The predicted octanol–water partition coefficient (Wildman–Crippen LogP) is 4.61. The molecule has 2 heterocycles. The highest BCUT2D eigenvalue weighted by Gasteiger charge is 2.31. The Kier molecular flexibility index (Phi) is 8.36. The summed E-state index contributed by atoms with van der Waals surface area (Å²) in [6.45, 7) is 3.70. The van der Waals surface area contributed by atoms with E-state index in [0.717, 1.165) is 34.9 Å². The number of rotatable bonds is 9. The van der Waals surface area contributed by atoms with Crippen LogP contribution in [0.5, 0.6) is 5.06 Å². The zero-order valence-electron chi connectivity index (χ0n) is 18.5. The molecule has 1 aliphatic heterocycles. The third-order valence-electron chi connectivity index (χ3n) is 5.54. The van der Waals surface area contributed by atoms with Crippen molar-refractivity contribution in [1.29, 1.82) is 0 Å². The predicted molar refractivity (Wildman–Crippen MR) is 121 cm³/mol. The summed E-state index contributed by atoms with van der Waals surface area (Å²) in [4.78, 5) is 27.8. The van der Waals surface area contributed by atoms with E-state index in [1.165, 1.54) is 6.07 Å². The summed E-state index contributed by atoms with van der Waals surface area (Å²) in [6, 6.07) is 11.8. The van der Waals surface area contributed by atoms with Gasteiger partial charge in [0.15, 0.2) is 11.7 Å². The number of ether oxygens (including phenoxy) is 1. The first kappa shape index (κ1) is 25.0. The summed E-state index contributed by atoms with van der Waals surface area (Å²) >= 11 is 1.08. The Morgan fingerprint density at radius 3 is 2.61 bits per heavy atom. The van der Waals surface area contributed by atoms with Crippen molar-refractivity contribution in [2.24, 2.45) is 5.92 Å². The summed E-state index contributed by atoms with van der Waals surface area (Å²) in [7, 11) is 0. The molecule has 33 heavy (non-hydrogen) atoms. The number of thiophene rings is 1. The minimum atomic E-state index is -4.39. The average Bonchev–Trinajstić information content (AvgIpc) is 3.41. The van der Waals surface area contributed by atoms with Gasteiger partial charge in [-0.1, -0.05) is 18.2 Å². The van der Waals surface area contributed by atoms with Gasteiger partial charge in [-0.2, -0.15) is 13.2 Å². The number of anilines is 1. The maximum Gasteiger partial charge on any atom is 0.422 e. The fourth-order valence-electron chi connectivity index (χ4n) is 3.75. The largest absolute Gasteiger partial charge is 0.475 e. The minimum absolute atomic E-state index is 0.0823. The summed E-state index contributed by atoms with van der Waals surface area (Å²) < 4.78 is 41.6. The first-order valence-corrected chi connectivity index (χ1v) is 11.6. The molecule has 2 amide bonds. The van der Waals surface area contributed by atoms with Crippen molar-refractivity contribution in [2.75, 3.05) is 25.0 Å². The number of hydrogen-bond donors (Lipinski definition) is 2. The zero-order chi connectivity index (χ0) is 24.0. The second kappa shape index (κ2) is 11.0. The van der Waals surface area contributed by atoms with Gasteiger partial charge >= 0.3 is 6.18 Å². The zero-order valence-corrected chi connectivity index (χ0v) is 19.3. The second-order valence-electron chi connectivity index (χ2n) is 8.23. The lowest BCUT2D eigenvalue weighted by Gasteiger charge is -2.23. The van der Waals surface area contributed by atoms with E-state index in [-0.39, 0.29) is 34.9 Å². The SMILES string of the molecule is CC(C(=O)Nc1ccccc1)N1CC[C@H](CC(=O)N[C@H](C)c2ccc(OCC(F)(F)F)s2)C1. The number of hydrogen-bond acceptors (Lipinski definition) is 5. The van der Waals surface area contributed by atoms with E-state index in [2.05, 4.69) is 15.5 Å². The normalized spacial score (nSPS) is 18.5. The van der Waals surface area contributed by atoms with Crippen LogP contribution in [-0.4, -0.2) is 48.6 Å². The van der Waals surface area contributed by atoms with E-state index < -0.39 is 12.8 Å². The number of likely N-dealkylation sites (tertiary alicyclic amines) is 1. The molecule has 180 valence electrons. The number of benzene rings is 1. The second-order valence-corrected chi connectivity index (χ2v) is 9.31. The molecule has 0 saturated carbocycles. The molecule has 2 aromatic rings. The Hall–Kier alpha value is -2.59. The third-order valence-corrected chi connectivity index (χ3v) is 6.72. The molecular weight excluding hydrogens is 455 g/mol. The number of nitrogens with one attached hydrogen (secondary N) is 2. The number of nitrogens with zero attached hydrogens (tertiary/aromatic N) is 1. The Labute approximate surface area is 195 Å². The molecule has 3 rings (SSSR count). The molecule has 1 aromatic carbocycles. The molecule has 1 saturated heterocycles. The van der Waals surface area contributed by atoms with Gasteiger partial charge < -0.3 is 15.4 Å². The van der Waals surface area contributed by atoms with Gasteiger partial charge in [0.2, 0.25) is 11.8 Å². The lowest BCUT2D eigenvalue weighted by molar-refractivity contribution is -0.152. The Morgan fingerprint density at radius 2 is 1.91 bits per heavy atom. The Bertz CT molecular complexity index is 936. The fourth-order valence-corrected chi connectivity index (χ4v) is 4.60. The van der Waals surface area contributed by atoms with E-state index in [0.29, 0.717) is 13.0 Å². The highest BCUT2D eigenvalue weighted by molar-refractivity contribution is 7.13. The van der Waals surface area contributed by atoms with Gasteiger partial charge in [0, 0.05) is 23.5 Å². The van der Waals surface area contributed by atoms with Gasteiger partial charge in [-0.25, -0.2) is 0 Å². The van der Waals surface area contributed by atoms with Crippen LogP contribution < -0.4 is 15.4 Å². The van der Waals surface area contributed by atoms with Crippen LogP contribution in [0.2, 0.25) is 0 Å². The molecule has 3 atom stereocenters. The number of alkyl halides is 3. The molecular formula is C23H28F3N3O3S. The van der Waals surface area contributed by atoms with Crippen molar-refractivity contribution >= 4 is 28.8 Å². The van der Waals surface area contributed by atoms with Crippen molar-refractivity contribution in [3.05, 3.63) is 47.3 Å². The van der Waals surface area contributed by atoms with Gasteiger partial charge in [0.05, 0.1) is 12.1 Å². The molecule has 2 N–H and O–H groups in total. The van der Waals surface area contributed by atoms with Crippen LogP contribution in [0, 0.1) is 5.92 Å². The molecule has 1 aliphatic rings. The average molecular weight is 484 g/mol. The highest BCUT2D eigenvalue weighted by atomic mass is 32.1. The van der Waals surface area contributed by atoms with E-state index in [1.807, 2.05) is 37.3 Å². The van der Waals surface area contributed by atoms with Gasteiger partial charge in [-0.05, 0) is 57.0 Å². The number of carbonyl (C=O) groups excluding carboxylic acids is 2. The molecule has 1 aromatic heterocycles. The van der Waals surface area contributed by atoms with Gasteiger partial charge in [-0.3, -0.25) is 14.5 Å². The smallest absolute Gasteiger partial charge is 0.422 e. The van der Waals surface area contributed by atoms with E-state index >= 15 is 0 Å². The maximum atomic E-state index is 12.5. The summed E-state index contributed by atoms with van der Waals surface area (Å²) in [6.07, 6.45) is -3.24. The van der Waals surface area contributed by atoms with Crippen LogP contribution in [0.1, 0.15) is 37.6 Å². The van der Waals surface area contributed by atoms with Crippen molar-refractivity contribution in [3.8, 4) is 5.06 Å². The summed E-state index contributed by atoms with van der Waals surface area (Å²) in [5.74, 6) is -0.0683. The van der Waals surface area contributed by atoms with Crippen molar-refractivity contribution < 1.29 is 27.5 Å². The first-order valence-electron chi connectivity index (χ1n) is 10.8. The lowest BCUT2D eigenvalue weighted by Crippen LogP contribution is -2.41. The molecule has 1 fully saturated rings. The number of halogens is 3. The van der Waals surface area contributed by atoms with Crippen LogP contribution >= 0.6 is 11.3 Å². The van der Waals surface area contributed by atoms with Crippen LogP contribution in [-0.2, 0) is 9.59 Å². The van der Waals surface area contributed by atoms with E-state index in [4.69, 9.17) is 4.74 Å². The van der Waals surface area contributed by atoms with Crippen molar-refractivity contribution in [3.63, 3.8) is 0 Å². The molecule has 1 unspecified atom stereocenters. The maximum absolute atomic E-state index is 12.5. The highest BCUT2D eigenvalue weighted by Crippen LogP contribution is 2.31. The fraction of sp³-hybridized carbons (Fsp3) is 0.478. The quantitative estimate of drug-likeness (QED) is 0.547. The molecule has 0 aliphatic carbocycles. The number of amides is 2. The summed E-state index contributed by atoms with van der Waals surface area (Å²) in [5, 5.41) is 5.97. The topological polar surface area (TPSA) is 70.7 Å².